The number of carboxylic acids is 1. The van der Waals surface area contributed by atoms with E-state index in [9.17, 15) is 4.79 Å². The van der Waals surface area contributed by atoms with Crippen LogP contribution >= 0.6 is 0 Å². The second kappa shape index (κ2) is 5.05. The summed E-state index contributed by atoms with van der Waals surface area (Å²) in [4.78, 5) is 11.0. The van der Waals surface area contributed by atoms with Crippen LogP contribution in [0.3, 0.4) is 0 Å². The Morgan fingerprint density at radius 3 is 2.90 bits per heavy atom. The van der Waals surface area contributed by atoms with E-state index in [2.05, 4.69) is 28.5 Å². The molecule has 0 saturated carbocycles. The molecule has 2 aromatic rings. The maximum atomic E-state index is 11.0. The predicted molar refractivity (Wildman–Crippen MR) is 72.4 cm³/mol. The third-order valence-corrected chi connectivity index (χ3v) is 3.73. The average Bonchev–Trinajstić information content (AvgIpc) is 3.04. The van der Waals surface area contributed by atoms with Crippen LogP contribution in [0.1, 0.15) is 39.3 Å². The van der Waals surface area contributed by atoms with E-state index < -0.39 is 5.97 Å². The smallest absolute Gasteiger partial charge is 0.358 e. The molecule has 104 valence electrons. The summed E-state index contributed by atoms with van der Waals surface area (Å²) < 4.78 is 1.57. The minimum atomic E-state index is -1.09. The molecule has 1 aromatic carbocycles. The second-order valence-electron chi connectivity index (χ2n) is 5.01. The van der Waals surface area contributed by atoms with Crippen molar-refractivity contribution in [3.63, 3.8) is 0 Å². The third-order valence-electron chi connectivity index (χ3n) is 3.73. The summed E-state index contributed by atoms with van der Waals surface area (Å²) >= 11 is 0. The number of hydrogen-bond donors (Lipinski definition) is 2. The number of fused-ring (bicyclic) bond motifs is 1. The van der Waals surface area contributed by atoms with Crippen LogP contribution in [0.25, 0.3) is 0 Å². The number of rotatable bonds is 4. The van der Waals surface area contributed by atoms with Crippen LogP contribution in [-0.2, 0) is 25.9 Å². The number of aromatic carboxylic acids is 1. The number of carbonyl (C=O) groups is 1. The zero-order chi connectivity index (χ0) is 14.1. The summed E-state index contributed by atoms with van der Waals surface area (Å²) in [6.45, 7) is 0.611. The van der Waals surface area contributed by atoms with Gasteiger partial charge in [0.15, 0.2) is 5.69 Å². The molecular weight excluding hydrogens is 256 g/mol. The lowest BCUT2D eigenvalue weighted by atomic mass is 10.1. The lowest BCUT2D eigenvalue weighted by Crippen LogP contribution is -2.13. The van der Waals surface area contributed by atoms with Gasteiger partial charge in [-0.3, -0.25) is 0 Å². The van der Waals surface area contributed by atoms with Crippen molar-refractivity contribution < 1.29 is 9.90 Å². The first-order chi connectivity index (χ1) is 9.69. The average molecular weight is 272 g/mol. The highest BCUT2D eigenvalue weighted by Crippen LogP contribution is 2.23. The summed E-state index contributed by atoms with van der Waals surface area (Å²) in [7, 11) is 0. The summed E-state index contributed by atoms with van der Waals surface area (Å²) in [6.07, 6.45) is 3.47. The van der Waals surface area contributed by atoms with E-state index in [1.165, 1.54) is 17.5 Å². The number of benzene rings is 1. The molecule has 0 radical (unpaired) electrons. The van der Waals surface area contributed by atoms with Gasteiger partial charge in [0.1, 0.15) is 0 Å². The van der Waals surface area contributed by atoms with Crippen LogP contribution < -0.4 is 5.73 Å². The van der Waals surface area contributed by atoms with Crippen molar-refractivity contribution in [1.82, 2.24) is 15.0 Å². The normalized spacial score (nSPS) is 13.4. The van der Waals surface area contributed by atoms with Crippen LogP contribution in [0.4, 0.5) is 0 Å². The van der Waals surface area contributed by atoms with E-state index in [0.717, 1.165) is 18.4 Å². The van der Waals surface area contributed by atoms with Gasteiger partial charge in [-0.1, -0.05) is 23.4 Å². The zero-order valence-electron chi connectivity index (χ0n) is 11.0. The molecule has 0 atom stereocenters. The Hall–Kier alpha value is -2.21. The van der Waals surface area contributed by atoms with Gasteiger partial charge < -0.3 is 10.8 Å². The molecule has 6 heteroatoms. The fraction of sp³-hybridized carbons (Fsp3) is 0.357. The van der Waals surface area contributed by atoms with E-state index in [4.69, 9.17) is 10.8 Å². The molecule has 0 aliphatic heterocycles. The van der Waals surface area contributed by atoms with E-state index in [1.807, 2.05) is 0 Å². The Labute approximate surface area is 116 Å². The fourth-order valence-electron chi connectivity index (χ4n) is 2.72. The summed E-state index contributed by atoms with van der Waals surface area (Å²) in [5.41, 5.74) is 9.91. The first-order valence-corrected chi connectivity index (χ1v) is 6.65. The minimum absolute atomic E-state index is 0.0614. The van der Waals surface area contributed by atoms with E-state index in [-0.39, 0.29) is 12.2 Å². The topological polar surface area (TPSA) is 94.0 Å². The SMILES string of the molecule is NCc1c(C(=O)O)nnn1Cc1ccc2c(c1)CCC2. The van der Waals surface area contributed by atoms with Crippen LogP contribution in [-0.4, -0.2) is 26.1 Å². The van der Waals surface area contributed by atoms with Crippen LogP contribution in [0.15, 0.2) is 18.2 Å². The van der Waals surface area contributed by atoms with Crippen molar-refractivity contribution in [2.45, 2.75) is 32.4 Å². The second-order valence-corrected chi connectivity index (χ2v) is 5.01. The van der Waals surface area contributed by atoms with Gasteiger partial charge in [0.05, 0.1) is 12.2 Å². The third kappa shape index (κ3) is 2.18. The molecule has 0 fully saturated rings. The Morgan fingerprint density at radius 1 is 1.35 bits per heavy atom. The number of carboxylic acid groups (broad SMARTS) is 1. The largest absolute Gasteiger partial charge is 0.476 e. The molecule has 0 unspecified atom stereocenters. The van der Waals surface area contributed by atoms with Crippen molar-refractivity contribution >= 4 is 5.97 Å². The van der Waals surface area contributed by atoms with Gasteiger partial charge in [0.25, 0.3) is 0 Å². The molecule has 0 bridgehead atoms. The molecule has 6 nitrogen and oxygen atoms in total. The Kier molecular flexibility index (Phi) is 3.23. The quantitative estimate of drug-likeness (QED) is 0.865. The number of aryl methyl sites for hydroxylation is 2. The Balaban J connectivity index is 1.89. The highest BCUT2D eigenvalue weighted by atomic mass is 16.4. The van der Waals surface area contributed by atoms with Crippen LogP contribution in [0, 0.1) is 0 Å². The summed E-state index contributed by atoms with van der Waals surface area (Å²) in [6, 6.07) is 6.38. The first kappa shape index (κ1) is 12.8. The Morgan fingerprint density at radius 2 is 2.15 bits per heavy atom. The van der Waals surface area contributed by atoms with E-state index in [0.29, 0.717) is 12.2 Å². The molecule has 1 heterocycles. The number of aromatic nitrogens is 3. The molecule has 1 aliphatic carbocycles. The van der Waals surface area contributed by atoms with E-state index in [1.54, 1.807) is 4.68 Å². The molecule has 0 amide bonds. The molecule has 0 saturated heterocycles. The molecule has 1 aromatic heterocycles. The Bertz CT molecular complexity index is 663. The molecule has 20 heavy (non-hydrogen) atoms. The molecular formula is C14H16N4O2. The van der Waals surface area contributed by atoms with Crippen molar-refractivity contribution in [1.29, 1.82) is 0 Å². The predicted octanol–water partition coefficient (Wildman–Crippen LogP) is 0.972. The van der Waals surface area contributed by atoms with Crippen LogP contribution in [0.5, 0.6) is 0 Å². The van der Waals surface area contributed by atoms with Crippen molar-refractivity contribution in [2.75, 3.05) is 0 Å². The molecule has 3 N–H and O–H groups in total. The van der Waals surface area contributed by atoms with Gasteiger partial charge in [0, 0.05) is 6.54 Å². The zero-order valence-corrected chi connectivity index (χ0v) is 11.0. The number of hydrogen-bond acceptors (Lipinski definition) is 4. The maximum Gasteiger partial charge on any atom is 0.358 e. The van der Waals surface area contributed by atoms with Gasteiger partial charge in [-0.2, -0.15) is 0 Å². The highest BCUT2D eigenvalue weighted by Gasteiger charge is 2.18. The molecule has 0 spiro atoms. The standard InChI is InChI=1S/C14H16N4O2/c15-7-12-13(14(19)20)16-17-18(12)8-9-4-5-10-2-1-3-11(10)6-9/h4-6H,1-3,7-8,15H2,(H,19,20). The monoisotopic (exact) mass is 272 g/mol. The number of nitrogens with zero attached hydrogens (tertiary/aromatic N) is 3. The number of nitrogens with two attached hydrogens (primary N) is 1. The van der Waals surface area contributed by atoms with Crippen LogP contribution in [0.2, 0.25) is 0 Å². The lowest BCUT2D eigenvalue weighted by molar-refractivity contribution is 0.0689. The van der Waals surface area contributed by atoms with Crippen molar-refractivity contribution in [3.05, 3.63) is 46.3 Å². The van der Waals surface area contributed by atoms with Gasteiger partial charge >= 0.3 is 5.97 Å². The van der Waals surface area contributed by atoms with Gasteiger partial charge in [-0.25, -0.2) is 9.48 Å². The fourth-order valence-corrected chi connectivity index (χ4v) is 2.72. The lowest BCUT2D eigenvalue weighted by Gasteiger charge is -2.07. The first-order valence-electron chi connectivity index (χ1n) is 6.65. The van der Waals surface area contributed by atoms with Gasteiger partial charge in [0.2, 0.25) is 0 Å². The van der Waals surface area contributed by atoms with Crippen molar-refractivity contribution in [3.8, 4) is 0 Å². The molecule has 3 rings (SSSR count). The van der Waals surface area contributed by atoms with Gasteiger partial charge in [-0.05, 0) is 36.0 Å². The maximum absolute atomic E-state index is 11.0. The summed E-state index contributed by atoms with van der Waals surface area (Å²) in [5, 5.41) is 16.6. The molecule has 1 aliphatic rings. The summed E-state index contributed by atoms with van der Waals surface area (Å²) in [5.74, 6) is -1.09. The highest BCUT2D eigenvalue weighted by molar-refractivity contribution is 5.86. The minimum Gasteiger partial charge on any atom is -0.476 e. The van der Waals surface area contributed by atoms with E-state index >= 15 is 0 Å². The van der Waals surface area contributed by atoms with Crippen molar-refractivity contribution in [2.24, 2.45) is 5.73 Å². The van der Waals surface area contributed by atoms with Gasteiger partial charge in [-0.15, -0.1) is 5.10 Å².